The average molecular weight is 341 g/mol. The van der Waals surface area contributed by atoms with Crippen molar-refractivity contribution in [1.82, 2.24) is 0 Å². The Labute approximate surface area is 130 Å². The molecule has 112 valence electrons. The van der Waals surface area contributed by atoms with Crippen molar-refractivity contribution in [3.8, 4) is 0 Å². The van der Waals surface area contributed by atoms with Gasteiger partial charge in [-0.3, -0.25) is 0 Å². The molecule has 0 aliphatic carbocycles. The number of morpholine rings is 1. The van der Waals surface area contributed by atoms with Gasteiger partial charge < -0.3 is 15.4 Å². The third-order valence-electron chi connectivity index (χ3n) is 3.83. The molecule has 3 nitrogen and oxygen atoms in total. The van der Waals surface area contributed by atoms with Crippen molar-refractivity contribution in [2.45, 2.75) is 51.9 Å². The minimum Gasteiger partial charge on any atom is -0.372 e. The normalized spacial score (nSPS) is 24.8. The summed E-state index contributed by atoms with van der Waals surface area (Å²) < 4.78 is 6.95. The highest BCUT2D eigenvalue weighted by atomic mass is 79.9. The number of hydrogen-bond acceptors (Lipinski definition) is 3. The number of ether oxygens (including phenoxy) is 1. The van der Waals surface area contributed by atoms with Gasteiger partial charge in [0.25, 0.3) is 0 Å². The lowest BCUT2D eigenvalue weighted by Gasteiger charge is -2.37. The third kappa shape index (κ3) is 3.96. The molecule has 1 aliphatic heterocycles. The molecule has 1 aromatic carbocycles. The SMILES string of the molecule is CCC(N)Cc1ccc(N2C[C@@H](C)O[C@@H](C)C2)cc1Br. The molecular weight excluding hydrogens is 316 g/mol. The first-order valence-corrected chi connectivity index (χ1v) is 8.23. The van der Waals surface area contributed by atoms with Crippen molar-refractivity contribution in [2.24, 2.45) is 5.73 Å². The van der Waals surface area contributed by atoms with E-state index in [0.29, 0.717) is 0 Å². The molecule has 1 unspecified atom stereocenters. The number of hydrogen-bond donors (Lipinski definition) is 1. The van der Waals surface area contributed by atoms with E-state index in [9.17, 15) is 0 Å². The molecule has 0 radical (unpaired) electrons. The van der Waals surface area contributed by atoms with Crippen LogP contribution in [-0.4, -0.2) is 31.3 Å². The van der Waals surface area contributed by atoms with Crippen LogP contribution in [-0.2, 0) is 11.2 Å². The van der Waals surface area contributed by atoms with Crippen LogP contribution in [0.25, 0.3) is 0 Å². The van der Waals surface area contributed by atoms with E-state index in [1.807, 2.05) is 0 Å². The maximum absolute atomic E-state index is 6.04. The predicted molar refractivity (Wildman–Crippen MR) is 88.3 cm³/mol. The topological polar surface area (TPSA) is 38.5 Å². The van der Waals surface area contributed by atoms with Crippen molar-refractivity contribution in [1.29, 1.82) is 0 Å². The van der Waals surface area contributed by atoms with Gasteiger partial charge in [0.1, 0.15) is 0 Å². The zero-order chi connectivity index (χ0) is 14.7. The van der Waals surface area contributed by atoms with Gasteiger partial charge >= 0.3 is 0 Å². The molecule has 2 N–H and O–H groups in total. The van der Waals surface area contributed by atoms with Gasteiger partial charge in [0.2, 0.25) is 0 Å². The van der Waals surface area contributed by atoms with E-state index >= 15 is 0 Å². The Kier molecular flexibility index (Phi) is 5.47. The molecule has 0 spiro atoms. The summed E-state index contributed by atoms with van der Waals surface area (Å²) in [6.07, 6.45) is 2.50. The molecule has 2 rings (SSSR count). The lowest BCUT2D eigenvalue weighted by molar-refractivity contribution is -0.00521. The third-order valence-corrected chi connectivity index (χ3v) is 4.57. The smallest absolute Gasteiger partial charge is 0.0726 e. The van der Waals surface area contributed by atoms with Crippen molar-refractivity contribution >= 4 is 21.6 Å². The fraction of sp³-hybridized carbons (Fsp3) is 0.625. The number of nitrogens with two attached hydrogens (primary N) is 1. The van der Waals surface area contributed by atoms with Crippen LogP contribution in [0.5, 0.6) is 0 Å². The summed E-state index contributed by atoms with van der Waals surface area (Å²) in [5.41, 5.74) is 8.59. The summed E-state index contributed by atoms with van der Waals surface area (Å²) in [4.78, 5) is 2.40. The first kappa shape index (κ1) is 15.8. The Morgan fingerprint density at radius 3 is 2.55 bits per heavy atom. The Hall–Kier alpha value is -0.580. The van der Waals surface area contributed by atoms with Gasteiger partial charge in [-0.25, -0.2) is 0 Å². The minimum atomic E-state index is 0.237. The zero-order valence-electron chi connectivity index (χ0n) is 12.6. The summed E-state index contributed by atoms with van der Waals surface area (Å²) in [6.45, 7) is 8.29. The van der Waals surface area contributed by atoms with Gasteiger partial charge in [-0.15, -0.1) is 0 Å². The second-order valence-corrected chi connectivity index (χ2v) is 6.66. The first-order valence-electron chi connectivity index (χ1n) is 7.44. The van der Waals surface area contributed by atoms with Gasteiger partial charge in [-0.1, -0.05) is 28.9 Å². The first-order chi connectivity index (χ1) is 9.49. The Balaban J connectivity index is 2.12. The van der Waals surface area contributed by atoms with E-state index in [1.54, 1.807) is 0 Å². The van der Waals surface area contributed by atoms with Crippen LogP contribution in [0.4, 0.5) is 5.69 Å². The average Bonchev–Trinajstić information content (AvgIpc) is 2.39. The molecular formula is C16H25BrN2O. The summed E-state index contributed by atoms with van der Waals surface area (Å²) >= 11 is 3.69. The highest BCUT2D eigenvalue weighted by Gasteiger charge is 2.22. The number of halogens is 1. The number of rotatable bonds is 4. The molecule has 1 fully saturated rings. The number of nitrogens with zero attached hydrogens (tertiary/aromatic N) is 1. The number of benzene rings is 1. The fourth-order valence-corrected chi connectivity index (χ4v) is 3.24. The Morgan fingerprint density at radius 1 is 1.35 bits per heavy atom. The van der Waals surface area contributed by atoms with E-state index in [4.69, 9.17) is 10.5 Å². The largest absolute Gasteiger partial charge is 0.372 e. The second-order valence-electron chi connectivity index (χ2n) is 5.81. The zero-order valence-corrected chi connectivity index (χ0v) is 14.2. The molecule has 0 bridgehead atoms. The van der Waals surface area contributed by atoms with Crippen LogP contribution < -0.4 is 10.6 Å². The predicted octanol–water partition coefficient (Wildman–Crippen LogP) is 3.34. The quantitative estimate of drug-likeness (QED) is 0.913. The van der Waals surface area contributed by atoms with Gasteiger partial charge in [-0.05, 0) is 44.4 Å². The van der Waals surface area contributed by atoms with Gasteiger partial charge in [0, 0.05) is 29.3 Å². The van der Waals surface area contributed by atoms with E-state index < -0.39 is 0 Å². The molecule has 1 saturated heterocycles. The van der Waals surface area contributed by atoms with Crippen LogP contribution in [0.1, 0.15) is 32.8 Å². The minimum absolute atomic E-state index is 0.237. The van der Waals surface area contributed by atoms with Crippen LogP contribution in [0.15, 0.2) is 22.7 Å². The van der Waals surface area contributed by atoms with Gasteiger partial charge in [0.15, 0.2) is 0 Å². The van der Waals surface area contributed by atoms with Crippen LogP contribution in [0.3, 0.4) is 0 Å². The maximum atomic E-state index is 6.04. The molecule has 0 aromatic heterocycles. The van der Waals surface area contributed by atoms with Gasteiger partial charge in [0.05, 0.1) is 12.2 Å². The van der Waals surface area contributed by atoms with Gasteiger partial charge in [-0.2, -0.15) is 0 Å². The summed E-state index contributed by atoms with van der Waals surface area (Å²) in [7, 11) is 0. The monoisotopic (exact) mass is 340 g/mol. The van der Waals surface area contributed by atoms with Crippen molar-refractivity contribution in [3.05, 3.63) is 28.2 Å². The van der Waals surface area contributed by atoms with E-state index in [2.05, 4.69) is 59.8 Å². The van der Waals surface area contributed by atoms with E-state index in [-0.39, 0.29) is 18.2 Å². The van der Waals surface area contributed by atoms with Crippen molar-refractivity contribution in [2.75, 3.05) is 18.0 Å². The standard InChI is InChI=1S/C16H25BrN2O/c1-4-14(18)7-13-5-6-15(8-16(13)17)19-9-11(2)20-12(3)10-19/h5-6,8,11-12,14H,4,7,9-10,18H2,1-3H3/t11-,12+,14?. The molecule has 1 aliphatic rings. The Morgan fingerprint density at radius 2 is 2.00 bits per heavy atom. The molecule has 0 saturated carbocycles. The van der Waals surface area contributed by atoms with Crippen molar-refractivity contribution in [3.63, 3.8) is 0 Å². The molecule has 20 heavy (non-hydrogen) atoms. The molecule has 4 heteroatoms. The van der Waals surface area contributed by atoms with E-state index in [0.717, 1.165) is 30.4 Å². The fourth-order valence-electron chi connectivity index (χ4n) is 2.71. The van der Waals surface area contributed by atoms with Crippen LogP contribution in [0, 0.1) is 0 Å². The van der Waals surface area contributed by atoms with Crippen LogP contribution in [0.2, 0.25) is 0 Å². The Bertz CT molecular complexity index is 442. The highest BCUT2D eigenvalue weighted by molar-refractivity contribution is 9.10. The summed E-state index contributed by atoms with van der Waals surface area (Å²) in [6, 6.07) is 6.84. The lowest BCUT2D eigenvalue weighted by atomic mass is 10.0. The maximum Gasteiger partial charge on any atom is 0.0726 e. The highest BCUT2D eigenvalue weighted by Crippen LogP contribution is 2.27. The molecule has 1 aromatic rings. The van der Waals surface area contributed by atoms with E-state index in [1.165, 1.54) is 11.3 Å². The lowest BCUT2D eigenvalue weighted by Crippen LogP contribution is -2.45. The molecule has 1 heterocycles. The summed E-state index contributed by atoms with van der Waals surface area (Å²) in [5, 5.41) is 0. The second kappa shape index (κ2) is 6.92. The van der Waals surface area contributed by atoms with Crippen molar-refractivity contribution < 1.29 is 4.74 Å². The molecule has 0 amide bonds. The summed E-state index contributed by atoms with van der Waals surface area (Å²) in [5.74, 6) is 0. The molecule has 3 atom stereocenters. The number of anilines is 1. The van der Waals surface area contributed by atoms with Crippen LogP contribution >= 0.6 is 15.9 Å².